The SMILES string of the molecule is C[C@H](NC(=O)CNC(=O)C1CCCC1)c1ccncc1. The number of hydrogen-bond acceptors (Lipinski definition) is 3. The highest BCUT2D eigenvalue weighted by Gasteiger charge is 2.22. The number of hydrogen-bond donors (Lipinski definition) is 2. The molecular weight excluding hydrogens is 254 g/mol. The van der Waals surface area contributed by atoms with E-state index < -0.39 is 0 Å². The normalized spacial score (nSPS) is 16.6. The Bertz CT molecular complexity index is 455. The molecule has 0 radical (unpaired) electrons. The van der Waals surface area contributed by atoms with Crippen molar-refractivity contribution < 1.29 is 9.59 Å². The van der Waals surface area contributed by atoms with Gasteiger partial charge in [-0.15, -0.1) is 0 Å². The highest BCUT2D eigenvalue weighted by Crippen LogP contribution is 2.24. The molecule has 5 nitrogen and oxygen atoms in total. The zero-order valence-corrected chi connectivity index (χ0v) is 11.8. The number of nitrogens with one attached hydrogen (secondary N) is 2. The van der Waals surface area contributed by atoms with Gasteiger partial charge >= 0.3 is 0 Å². The van der Waals surface area contributed by atoms with Crippen molar-refractivity contribution in [1.29, 1.82) is 0 Å². The second-order valence-corrected chi connectivity index (χ2v) is 5.27. The van der Waals surface area contributed by atoms with Crippen LogP contribution in [-0.2, 0) is 9.59 Å². The third kappa shape index (κ3) is 4.05. The topological polar surface area (TPSA) is 71.1 Å². The van der Waals surface area contributed by atoms with Crippen LogP contribution in [-0.4, -0.2) is 23.3 Å². The van der Waals surface area contributed by atoms with Crippen LogP contribution >= 0.6 is 0 Å². The molecule has 0 spiro atoms. The highest BCUT2D eigenvalue weighted by molar-refractivity contribution is 5.86. The summed E-state index contributed by atoms with van der Waals surface area (Å²) in [7, 11) is 0. The van der Waals surface area contributed by atoms with Crippen LogP contribution < -0.4 is 10.6 Å². The molecule has 1 heterocycles. The largest absolute Gasteiger partial charge is 0.348 e. The molecule has 0 aromatic carbocycles. The van der Waals surface area contributed by atoms with Crippen LogP contribution in [0.3, 0.4) is 0 Å². The minimum Gasteiger partial charge on any atom is -0.348 e. The van der Waals surface area contributed by atoms with Crippen LogP contribution in [0.15, 0.2) is 24.5 Å². The average Bonchev–Trinajstić information content (AvgIpc) is 3.00. The zero-order chi connectivity index (χ0) is 14.4. The third-order valence-corrected chi connectivity index (χ3v) is 3.73. The van der Waals surface area contributed by atoms with E-state index in [1.807, 2.05) is 19.1 Å². The Labute approximate surface area is 119 Å². The number of nitrogens with zero attached hydrogens (tertiary/aromatic N) is 1. The standard InChI is InChI=1S/C15H21N3O2/c1-11(12-6-8-16-9-7-12)18-14(19)10-17-15(20)13-4-2-3-5-13/h6-9,11,13H,2-5,10H2,1H3,(H,17,20)(H,18,19)/t11-/m0/s1. The molecule has 108 valence electrons. The molecule has 0 bridgehead atoms. The Hall–Kier alpha value is -1.91. The number of pyridine rings is 1. The van der Waals surface area contributed by atoms with Crippen molar-refractivity contribution in [2.45, 2.75) is 38.6 Å². The number of amides is 2. The van der Waals surface area contributed by atoms with Gasteiger partial charge in [0.2, 0.25) is 11.8 Å². The minimum atomic E-state index is -0.166. The quantitative estimate of drug-likeness (QED) is 0.856. The first kappa shape index (κ1) is 14.5. The fourth-order valence-electron chi connectivity index (χ4n) is 2.53. The lowest BCUT2D eigenvalue weighted by atomic mass is 10.1. The van der Waals surface area contributed by atoms with E-state index in [-0.39, 0.29) is 30.3 Å². The Morgan fingerprint density at radius 3 is 2.60 bits per heavy atom. The van der Waals surface area contributed by atoms with Gasteiger partial charge in [0.1, 0.15) is 0 Å². The number of carbonyl (C=O) groups is 2. The molecule has 1 aliphatic rings. The molecule has 0 aliphatic heterocycles. The molecule has 1 aromatic rings. The van der Waals surface area contributed by atoms with Crippen molar-refractivity contribution in [2.24, 2.45) is 5.92 Å². The molecule has 2 amide bonds. The summed E-state index contributed by atoms with van der Waals surface area (Å²) in [5.41, 5.74) is 0.996. The van der Waals surface area contributed by atoms with Gasteiger partial charge in [0.05, 0.1) is 12.6 Å². The average molecular weight is 275 g/mol. The molecule has 1 fully saturated rings. The predicted octanol–water partition coefficient (Wildman–Crippen LogP) is 1.57. The first-order valence-corrected chi connectivity index (χ1v) is 7.14. The van der Waals surface area contributed by atoms with Gasteiger partial charge in [-0.25, -0.2) is 0 Å². The van der Waals surface area contributed by atoms with Crippen LogP contribution in [0.4, 0.5) is 0 Å². The Morgan fingerprint density at radius 2 is 1.95 bits per heavy atom. The second kappa shape index (κ2) is 7.03. The molecule has 5 heteroatoms. The highest BCUT2D eigenvalue weighted by atomic mass is 16.2. The molecule has 2 rings (SSSR count). The predicted molar refractivity (Wildman–Crippen MR) is 75.8 cm³/mol. The van der Waals surface area contributed by atoms with Crippen LogP contribution in [0.5, 0.6) is 0 Å². The van der Waals surface area contributed by atoms with E-state index >= 15 is 0 Å². The lowest BCUT2D eigenvalue weighted by molar-refractivity contribution is -0.128. The number of carbonyl (C=O) groups excluding carboxylic acids is 2. The number of rotatable bonds is 5. The molecular formula is C15H21N3O2. The molecule has 1 atom stereocenters. The smallest absolute Gasteiger partial charge is 0.239 e. The first-order chi connectivity index (χ1) is 9.66. The van der Waals surface area contributed by atoms with Gasteiger partial charge in [0.25, 0.3) is 0 Å². The van der Waals surface area contributed by atoms with Crippen LogP contribution in [0, 0.1) is 5.92 Å². The van der Waals surface area contributed by atoms with Crippen molar-refractivity contribution in [1.82, 2.24) is 15.6 Å². The van der Waals surface area contributed by atoms with E-state index in [4.69, 9.17) is 0 Å². The van der Waals surface area contributed by atoms with Crippen molar-refractivity contribution in [3.05, 3.63) is 30.1 Å². The summed E-state index contributed by atoms with van der Waals surface area (Å²) in [6.45, 7) is 1.96. The fraction of sp³-hybridized carbons (Fsp3) is 0.533. The maximum Gasteiger partial charge on any atom is 0.239 e. The number of aromatic nitrogens is 1. The van der Waals surface area contributed by atoms with Gasteiger partial charge in [0.15, 0.2) is 0 Å². The van der Waals surface area contributed by atoms with Crippen LogP contribution in [0.25, 0.3) is 0 Å². The molecule has 2 N–H and O–H groups in total. The van der Waals surface area contributed by atoms with Gasteiger partial charge in [-0.3, -0.25) is 14.6 Å². The summed E-state index contributed by atoms with van der Waals surface area (Å²) in [6, 6.07) is 3.64. The molecule has 1 aliphatic carbocycles. The van der Waals surface area contributed by atoms with E-state index in [9.17, 15) is 9.59 Å². The summed E-state index contributed by atoms with van der Waals surface area (Å²) in [5, 5.41) is 5.58. The zero-order valence-electron chi connectivity index (χ0n) is 11.8. The molecule has 1 saturated carbocycles. The lowest BCUT2D eigenvalue weighted by Gasteiger charge is -2.15. The van der Waals surface area contributed by atoms with E-state index in [0.29, 0.717) is 0 Å². The van der Waals surface area contributed by atoms with E-state index in [1.165, 1.54) is 0 Å². The van der Waals surface area contributed by atoms with Crippen molar-refractivity contribution in [3.8, 4) is 0 Å². The minimum absolute atomic E-state index is 0.00853. The Kier molecular flexibility index (Phi) is 5.09. The van der Waals surface area contributed by atoms with Gasteiger partial charge in [0, 0.05) is 18.3 Å². The van der Waals surface area contributed by atoms with Gasteiger partial charge < -0.3 is 10.6 Å². The van der Waals surface area contributed by atoms with E-state index in [0.717, 1.165) is 31.2 Å². The van der Waals surface area contributed by atoms with Crippen LogP contribution in [0.2, 0.25) is 0 Å². The molecule has 1 aromatic heterocycles. The fourth-order valence-corrected chi connectivity index (χ4v) is 2.53. The summed E-state index contributed by atoms with van der Waals surface area (Å²) >= 11 is 0. The molecule has 0 unspecified atom stereocenters. The summed E-state index contributed by atoms with van der Waals surface area (Å²) in [4.78, 5) is 27.6. The van der Waals surface area contributed by atoms with E-state index in [1.54, 1.807) is 12.4 Å². The van der Waals surface area contributed by atoms with Gasteiger partial charge in [-0.1, -0.05) is 12.8 Å². The van der Waals surface area contributed by atoms with Gasteiger partial charge in [-0.05, 0) is 37.5 Å². The van der Waals surface area contributed by atoms with Crippen molar-refractivity contribution >= 4 is 11.8 Å². The lowest BCUT2D eigenvalue weighted by Crippen LogP contribution is -2.39. The Balaban J connectivity index is 1.73. The van der Waals surface area contributed by atoms with Gasteiger partial charge in [-0.2, -0.15) is 0 Å². The monoisotopic (exact) mass is 275 g/mol. The Morgan fingerprint density at radius 1 is 1.30 bits per heavy atom. The molecule has 20 heavy (non-hydrogen) atoms. The first-order valence-electron chi connectivity index (χ1n) is 7.14. The third-order valence-electron chi connectivity index (χ3n) is 3.73. The van der Waals surface area contributed by atoms with E-state index in [2.05, 4.69) is 15.6 Å². The maximum atomic E-state index is 11.8. The maximum absolute atomic E-state index is 11.8. The van der Waals surface area contributed by atoms with Crippen molar-refractivity contribution in [2.75, 3.05) is 6.54 Å². The van der Waals surface area contributed by atoms with Crippen LogP contribution in [0.1, 0.15) is 44.2 Å². The van der Waals surface area contributed by atoms with Crippen molar-refractivity contribution in [3.63, 3.8) is 0 Å². The molecule has 0 saturated heterocycles. The second-order valence-electron chi connectivity index (χ2n) is 5.27. The summed E-state index contributed by atoms with van der Waals surface area (Å²) in [6.07, 6.45) is 7.51. The summed E-state index contributed by atoms with van der Waals surface area (Å²) in [5.74, 6) is -0.0599. The summed E-state index contributed by atoms with van der Waals surface area (Å²) < 4.78 is 0.